The highest BCUT2D eigenvalue weighted by atomic mass is 19.4. The molecule has 114 valence electrons. The van der Waals surface area contributed by atoms with E-state index in [9.17, 15) is 13.2 Å². The first-order chi connectivity index (χ1) is 10.0. The Kier molecular flexibility index (Phi) is 4.89. The first kappa shape index (κ1) is 15.4. The van der Waals surface area contributed by atoms with E-state index in [4.69, 9.17) is 4.74 Å². The lowest BCUT2D eigenvalue weighted by Crippen LogP contribution is -2.42. The maximum absolute atomic E-state index is 12.8. The van der Waals surface area contributed by atoms with Gasteiger partial charge in [0.1, 0.15) is 12.1 Å². The van der Waals surface area contributed by atoms with Gasteiger partial charge in [0.05, 0.1) is 5.92 Å². The Balaban J connectivity index is 2.06. The number of alkyl halides is 3. The van der Waals surface area contributed by atoms with E-state index in [1.807, 2.05) is 0 Å². The maximum atomic E-state index is 12.8. The molecule has 2 heterocycles. The van der Waals surface area contributed by atoms with E-state index < -0.39 is 12.1 Å². The molecule has 1 atom stereocenters. The van der Waals surface area contributed by atoms with Crippen molar-refractivity contribution in [2.75, 3.05) is 24.6 Å². The molecule has 7 heteroatoms. The number of halogens is 3. The Labute approximate surface area is 121 Å². The Morgan fingerprint density at radius 2 is 2.24 bits per heavy atom. The van der Waals surface area contributed by atoms with Crippen molar-refractivity contribution in [3.63, 3.8) is 0 Å². The summed E-state index contributed by atoms with van der Waals surface area (Å²) in [6, 6.07) is 1.55. The summed E-state index contributed by atoms with van der Waals surface area (Å²) in [6.07, 6.45) is -2.21. The SMILES string of the molecule is CC#CCOc1cc(N2CCCC(C(F)(F)F)C2)ncn1. The highest BCUT2D eigenvalue weighted by Crippen LogP contribution is 2.34. The van der Waals surface area contributed by atoms with Gasteiger partial charge in [-0.2, -0.15) is 13.2 Å². The quantitative estimate of drug-likeness (QED) is 0.804. The van der Waals surface area contributed by atoms with Crippen molar-refractivity contribution in [2.24, 2.45) is 5.92 Å². The summed E-state index contributed by atoms with van der Waals surface area (Å²) in [6.45, 7) is 2.37. The molecule has 0 bridgehead atoms. The first-order valence-corrected chi connectivity index (χ1v) is 6.67. The van der Waals surface area contributed by atoms with Crippen LogP contribution < -0.4 is 9.64 Å². The molecule has 1 aliphatic heterocycles. The minimum Gasteiger partial charge on any atom is -0.464 e. The molecule has 4 nitrogen and oxygen atoms in total. The highest BCUT2D eigenvalue weighted by molar-refractivity contribution is 5.41. The summed E-state index contributed by atoms with van der Waals surface area (Å²) < 4.78 is 43.7. The Morgan fingerprint density at radius 1 is 1.43 bits per heavy atom. The second kappa shape index (κ2) is 6.66. The molecule has 0 saturated carbocycles. The summed E-state index contributed by atoms with van der Waals surface area (Å²) in [4.78, 5) is 9.59. The van der Waals surface area contributed by atoms with Crippen LogP contribution in [0, 0.1) is 17.8 Å². The van der Waals surface area contributed by atoms with Gasteiger partial charge in [-0.3, -0.25) is 0 Å². The molecule has 2 rings (SSSR count). The highest BCUT2D eigenvalue weighted by Gasteiger charge is 2.42. The molecule has 0 spiro atoms. The van der Waals surface area contributed by atoms with Gasteiger partial charge in [0, 0.05) is 19.2 Å². The minimum absolute atomic E-state index is 0.0747. The fourth-order valence-electron chi connectivity index (χ4n) is 2.22. The summed E-state index contributed by atoms with van der Waals surface area (Å²) >= 11 is 0. The number of hydrogen-bond donors (Lipinski definition) is 0. The van der Waals surface area contributed by atoms with Crippen molar-refractivity contribution >= 4 is 5.82 Å². The number of nitrogens with zero attached hydrogens (tertiary/aromatic N) is 3. The van der Waals surface area contributed by atoms with Gasteiger partial charge in [-0.15, -0.1) is 5.92 Å². The lowest BCUT2D eigenvalue weighted by molar-refractivity contribution is -0.176. The Bertz CT molecular complexity index is 536. The molecule has 1 aliphatic rings. The number of ether oxygens (including phenoxy) is 1. The smallest absolute Gasteiger partial charge is 0.393 e. The van der Waals surface area contributed by atoms with Gasteiger partial charge in [-0.1, -0.05) is 5.92 Å². The number of aromatic nitrogens is 2. The topological polar surface area (TPSA) is 38.2 Å². The number of rotatable bonds is 3. The third kappa shape index (κ3) is 4.25. The van der Waals surface area contributed by atoms with Crippen molar-refractivity contribution in [3.8, 4) is 17.7 Å². The predicted octanol–water partition coefficient (Wildman–Crippen LogP) is 2.66. The monoisotopic (exact) mass is 299 g/mol. The van der Waals surface area contributed by atoms with Crippen molar-refractivity contribution in [3.05, 3.63) is 12.4 Å². The van der Waals surface area contributed by atoms with E-state index in [1.165, 1.54) is 6.33 Å². The number of piperidine rings is 1. The average molecular weight is 299 g/mol. The third-order valence-corrected chi connectivity index (χ3v) is 3.30. The van der Waals surface area contributed by atoms with Crippen LogP contribution in [0.25, 0.3) is 0 Å². The molecular formula is C14H16F3N3O. The van der Waals surface area contributed by atoms with Crippen LogP contribution in [0.3, 0.4) is 0 Å². The van der Waals surface area contributed by atoms with Gasteiger partial charge in [-0.05, 0) is 19.8 Å². The van der Waals surface area contributed by atoms with Gasteiger partial charge in [0.2, 0.25) is 5.88 Å². The Hall–Kier alpha value is -1.97. The van der Waals surface area contributed by atoms with E-state index in [1.54, 1.807) is 17.9 Å². The standard InChI is InChI=1S/C14H16F3N3O/c1-2-3-7-21-13-8-12(18-10-19-13)20-6-4-5-11(9-20)14(15,16)17/h8,10-11H,4-7,9H2,1H3. The minimum atomic E-state index is -4.16. The molecule has 0 aliphatic carbocycles. The molecule has 0 N–H and O–H groups in total. The van der Waals surface area contributed by atoms with Crippen LogP contribution in [-0.4, -0.2) is 35.8 Å². The molecule has 0 amide bonds. The molecule has 21 heavy (non-hydrogen) atoms. The van der Waals surface area contributed by atoms with Crippen molar-refractivity contribution < 1.29 is 17.9 Å². The predicted molar refractivity (Wildman–Crippen MR) is 72.0 cm³/mol. The zero-order chi connectivity index (χ0) is 15.3. The molecule has 1 aromatic heterocycles. The second-order valence-corrected chi connectivity index (χ2v) is 4.76. The van der Waals surface area contributed by atoms with Gasteiger partial charge in [-0.25, -0.2) is 9.97 Å². The molecule has 0 aromatic carbocycles. The van der Waals surface area contributed by atoms with E-state index in [-0.39, 0.29) is 19.6 Å². The largest absolute Gasteiger partial charge is 0.464 e. The van der Waals surface area contributed by atoms with Crippen LogP contribution in [0.4, 0.5) is 19.0 Å². The lowest BCUT2D eigenvalue weighted by Gasteiger charge is -2.34. The van der Waals surface area contributed by atoms with Gasteiger partial charge in [0.25, 0.3) is 0 Å². The van der Waals surface area contributed by atoms with Gasteiger partial charge >= 0.3 is 6.18 Å². The van der Waals surface area contributed by atoms with E-state index in [2.05, 4.69) is 21.8 Å². The molecule has 0 radical (unpaired) electrons. The number of anilines is 1. The van der Waals surface area contributed by atoms with Gasteiger partial charge in [0.15, 0.2) is 6.61 Å². The maximum Gasteiger partial charge on any atom is 0.393 e. The molecule has 1 fully saturated rings. The average Bonchev–Trinajstić information content (AvgIpc) is 2.47. The van der Waals surface area contributed by atoms with Crippen LogP contribution in [0.15, 0.2) is 12.4 Å². The van der Waals surface area contributed by atoms with E-state index >= 15 is 0 Å². The molecule has 1 saturated heterocycles. The number of hydrogen-bond acceptors (Lipinski definition) is 4. The normalized spacial score (nSPS) is 18.9. The summed E-state index contributed by atoms with van der Waals surface area (Å²) in [7, 11) is 0. The van der Waals surface area contributed by atoms with Crippen LogP contribution in [-0.2, 0) is 0 Å². The van der Waals surface area contributed by atoms with Crippen molar-refractivity contribution in [1.29, 1.82) is 0 Å². The van der Waals surface area contributed by atoms with Crippen molar-refractivity contribution in [1.82, 2.24) is 9.97 Å². The van der Waals surface area contributed by atoms with Gasteiger partial charge < -0.3 is 9.64 Å². The molecule has 1 unspecified atom stereocenters. The zero-order valence-electron chi connectivity index (χ0n) is 11.7. The third-order valence-electron chi connectivity index (χ3n) is 3.30. The summed E-state index contributed by atoms with van der Waals surface area (Å²) in [5.41, 5.74) is 0. The molecule has 1 aromatic rings. The fraction of sp³-hybridized carbons (Fsp3) is 0.571. The summed E-state index contributed by atoms with van der Waals surface area (Å²) in [5.74, 6) is 4.88. The molecular weight excluding hydrogens is 283 g/mol. The van der Waals surface area contributed by atoms with Crippen molar-refractivity contribution in [2.45, 2.75) is 25.9 Å². The second-order valence-electron chi connectivity index (χ2n) is 4.76. The fourth-order valence-corrected chi connectivity index (χ4v) is 2.22. The zero-order valence-corrected chi connectivity index (χ0v) is 11.7. The van der Waals surface area contributed by atoms with Crippen LogP contribution >= 0.6 is 0 Å². The van der Waals surface area contributed by atoms with E-state index in [0.717, 1.165) is 0 Å². The lowest BCUT2D eigenvalue weighted by atomic mass is 9.97. The van der Waals surface area contributed by atoms with Crippen LogP contribution in [0.1, 0.15) is 19.8 Å². The van der Waals surface area contributed by atoms with Crippen LogP contribution in [0.2, 0.25) is 0 Å². The first-order valence-electron chi connectivity index (χ1n) is 6.67. The summed E-state index contributed by atoms with van der Waals surface area (Å²) in [5, 5.41) is 0. The van der Waals surface area contributed by atoms with E-state index in [0.29, 0.717) is 24.7 Å². The van der Waals surface area contributed by atoms with Crippen LogP contribution in [0.5, 0.6) is 5.88 Å². The Morgan fingerprint density at radius 3 is 2.95 bits per heavy atom.